The zero-order valence-electron chi connectivity index (χ0n) is 10.2. The topological polar surface area (TPSA) is 38.0 Å². The fraction of sp³-hybridized carbons (Fsp3) is 0.571. The normalized spacial score (nSPS) is 26.9. The fourth-order valence-electron chi connectivity index (χ4n) is 2.47. The number of rotatable bonds is 3. The summed E-state index contributed by atoms with van der Waals surface area (Å²) in [4.78, 5) is 0. The van der Waals surface area contributed by atoms with Crippen LogP contribution in [0.25, 0.3) is 0 Å². The molecule has 2 rings (SSSR count). The molecule has 1 aliphatic rings. The molecule has 0 bridgehead atoms. The van der Waals surface area contributed by atoms with Crippen LogP contribution in [0.3, 0.4) is 0 Å². The van der Waals surface area contributed by atoms with Crippen molar-refractivity contribution in [2.75, 3.05) is 0 Å². The van der Waals surface area contributed by atoms with E-state index < -0.39 is 0 Å². The van der Waals surface area contributed by atoms with Crippen LogP contribution in [-0.4, -0.2) is 12.1 Å². The highest BCUT2D eigenvalue weighted by Gasteiger charge is 2.22. The highest BCUT2D eigenvalue weighted by molar-refractivity contribution is 5.23. The molecule has 0 aromatic heterocycles. The number of nitrogens with one attached hydrogen (secondary N) is 1. The molecule has 2 heteroatoms. The Kier molecular flexibility index (Phi) is 3.62. The summed E-state index contributed by atoms with van der Waals surface area (Å²) in [6.45, 7) is 4.35. The van der Waals surface area contributed by atoms with Gasteiger partial charge in [0.05, 0.1) is 0 Å². The molecule has 1 aromatic rings. The van der Waals surface area contributed by atoms with Crippen molar-refractivity contribution in [2.24, 2.45) is 5.73 Å². The van der Waals surface area contributed by atoms with E-state index in [4.69, 9.17) is 5.73 Å². The van der Waals surface area contributed by atoms with Crippen LogP contribution in [0.4, 0.5) is 0 Å². The Morgan fingerprint density at radius 2 is 1.94 bits per heavy atom. The van der Waals surface area contributed by atoms with E-state index in [1.54, 1.807) is 0 Å². The highest BCUT2D eigenvalue weighted by Crippen LogP contribution is 2.21. The van der Waals surface area contributed by atoms with Gasteiger partial charge in [0.15, 0.2) is 0 Å². The standard InChI is InChI=1S/C14H22N2/c1-10-3-5-12(6-4-10)11(2)16-14-8-7-13(15)9-14/h3-6,11,13-14,16H,7-9,15H2,1-2H3/t11-,13?,14?/m0/s1. The minimum Gasteiger partial charge on any atom is -0.328 e. The van der Waals surface area contributed by atoms with E-state index >= 15 is 0 Å². The first-order valence-electron chi connectivity index (χ1n) is 6.23. The zero-order chi connectivity index (χ0) is 11.5. The van der Waals surface area contributed by atoms with Crippen LogP contribution in [0.15, 0.2) is 24.3 Å². The van der Waals surface area contributed by atoms with Gasteiger partial charge in [0.2, 0.25) is 0 Å². The second kappa shape index (κ2) is 4.98. The SMILES string of the molecule is Cc1ccc([C@H](C)NC2CCC(N)C2)cc1. The third kappa shape index (κ3) is 2.83. The molecular formula is C14H22N2. The molecule has 0 heterocycles. The molecule has 1 fully saturated rings. The molecule has 0 radical (unpaired) electrons. The summed E-state index contributed by atoms with van der Waals surface area (Å²) in [6.07, 6.45) is 3.51. The maximum Gasteiger partial charge on any atom is 0.0294 e. The number of aryl methyl sites for hydroxylation is 1. The van der Waals surface area contributed by atoms with Crippen molar-refractivity contribution in [3.05, 3.63) is 35.4 Å². The Morgan fingerprint density at radius 1 is 1.25 bits per heavy atom. The second-order valence-electron chi connectivity index (χ2n) is 5.07. The molecule has 0 aliphatic heterocycles. The van der Waals surface area contributed by atoms with Crippen molar-refractivity contribution in [1.29, 1.82) is 0 Å². The summed E-state index contributed by atoms with van der Waals surface area (Å²) < 4.78 is 0. The summed E-state index contributed by atoms with van der Waals surface area (Å²) in [6, 6.07) is 10.2. The van der Waals surface area contributed by atoms with Crippen molar-refractivity contribution in [3.8, 4) is 0 Å². The zero-order valence-corrected chi connectivity index (χ0v) is 10.2. The van der Waals surface area contributed by atoms with Gasteiger partial charge in [0.1, 0.15) is 0 Å². The first kappa shape index (κ1) is 11.6. The molecule has 3 atom stereocenters. The van der Waals surface area contributed by atoms with Gasteiger partial charge in [-0.25, -0.2) is 0 Å². The number of nitrogens with two attached hydrogens (primary N) is 1. The average Bonchev–Trinajstić information content (AvgIpc) is 2.65. The minimum atomic E-state index is 0.405. The monoisotopic (exact) mass is 218 g/mol. The quantitative estimate of drug-likeness (QED) is 0.818. The second-order valence-corrected chi connectivity index (χ2v) is 5.07. The maximum absolute atomic E-state index is 5.92. The summed E-state index contributed by atoms with van der Waals surface area (Å²) in [7, 11) is 0. The largest absolute Gasteiger partial charge is 0.328 e. The molecule has 1 aliphatic carbocycles. The molecular weight excluding hydrogens is 196 g/mol. The van der Waals surface area contributed by atoms with E-state index in [1.165, 1.54) is 17.5 Å². The predicted molar refractivity (Wildman–Crippen MR) is 68.3 cm³/mol. The van der Waals surface area contributed by atoms with Crippen molar-refractivity contribution in [3.63, 3.8) is 0 Å². The summed E-state index contributed by atoms with van der Waals surface area (Å²) >= 11 is 0. The lowest BCUT2D eigenvalue weighted by molar-refractivity contribution is 0.457. The third-order valence-corrected chi connectivity index (χ3v) is 3.54. The lowest BCUT2D eigenvalue weighted by Gasteiger charge is -2.19. The van der Waals surface area contributed by atoms with Crippen LogP contribution in [0, 0.1) is 6.92 Å². The van der Waals surface area contributed by atoms with Crippen molar-refractivity contribution >= 4 is 0 Å². The molecule has 0 amide bonds. The summed E-state index contributed by atoms with van der Waals surface area (Å²) in [5, 5.41) is 3.66. The Hall–Kier alpha value is -0.860. The molecule has 0 saturated heterocycles. The van der Waals surface area contributed by atoms with Crippen LogP contribution >= 0.6 is 0 Å². The Bertz CT molecular complexity index is 331. The molecule has 1 saturated carbocycles. The number of hydrogen-bond donors (Lipinski definition) is 2. The first-order valence-corrected chi connectivity index (χ1v) is 6.23. The molecule has 2 unspecified atom stereocenters. The van der Waals surface area contributed by atoms with Crippen LogP contribution in [0.5, 0.6) is 0 Å². The van der Waals surface area contributed by atoms with E-state index in [0.717, 1.165) is 12.8 Å². The van der Waals surface area contributed by atoms with Crippen LogP contribution in [0.1, 0.15) is 43.4 Å². The fourth-order valence-corrected chi connectivity index (χ4v) is 2.47. The van der Waals surface area contributed by atoms with Gasteiger partial charge in [-0.05, 0) is 38.7 Å². The van der Waals surface area contributed by atoms with E-state index in [0.29, 0.717) is 18.1 Å². The smallest absolute Gasteiger partial charge is 0.0294 e. The van der Waals surface area contributed by atoms with E-state index in [1.807, 2.05) is 0 Å². The predicted octanol–water partition coefficient (Wildman–Crippen LogP) is 2.53. The van der Waals surface area contributed by atoms with E-state index in [9.17, 15) is 0 Å². The third-order valence-electron chi connectivity index (χ3n) is 3.54. The van der Waals surface area contributed by atoms with Crippen molar-refractivity contribution in [1.82, 2.24) is 5.32 Å². The van der Waals surface area contributed by atoms with Crippen LogP contribution in [-0.2, 0) is 0 Å². The summed E-state index contributed by atoms with van der Waals surface area (Å²) in [5.74, 6) is 0. The van der Waals surface area contributed by atoms with Gasteiger partial charge in [-0.1, -0.05) is 29.8 Å². The minimum absolute atomic E-state index is 0.405. The molecule has 0 spiro atoms. The molecule has 88 valence electrons. The van der Waals surface area contributed by atoms with Crippen molar-refractivity contribution in [2.45, 2.75) is 51.2 Å². The Morgan fingerprint density at radius 3 is 2.50 bits per heavy atom. The van der Waals surface area contributed by atoms with Gasteiger partial charge < -0.3 is 11.1 Å². The average molecular weight is 218 g/mol. The highest BCUT2D eigenvalue weighted by atomic mass is 15.0. The van der Waals surface area contributed by atoms with Gasteiger partial charge >= 0.3 is 0 Å². The Labute approximate surface area is 98.2 Å². The molecule has 2 nitrogen and oxygen atoms in total. The maximum atomic E-state index is 5.92. The molecule has 1 aromatic carbocycles. The van der Waals surface area contributed by atoms with Crippen LogP contribution < -0.4 is 11.1 Å². The number of hydrogen-bond acceptors (Lipinski definition) is 2. The number of benzene rings is 1. The lowest BCUT2D eigenvalue weighted by atomic mass is 10.1. The molecule has 16 heavy (non-hydrogen) atoms. The summed E-state index contributed by atoms with van der Waals surface area (Å²) in [5.41, 5.74) is 8.60. The van der Waals surface area contributed by atoms with E-state index in [2.05, 4.69) is 43.4 Å². The van der Waals surface area contributed by atoms with Gasteiger partial charge in [-0.15, -0.1) is 0 Å². The van der Waals surface area contributed by atoms with Gasteiger partial charge in [0.25, 0.3) is 0 Å². The lowest BCUT2D eigenvalue weighted by Crippen LogP contribution is -2.30. The Balaban J connectivity index is 1.92. The van der Waals surface area contributed by atoms with Gasteiger partial charge in [-0.3, -0.25) is 0 Å². The van der Waals surface area contributed by atoms with Gasteiger partial charge in [0, 0.05) is 18.1 Å². The van der Waals surface area contributed by atoms with Crippen LogP contribution in [0.2, 0.25) is 0 Å². The van der Waals surface area contributed by atoms with Crippen molar-refractivity contribution < 1.29 is 0 Å². The van der Waals surface area contributed by atoms with Gasteiger partial charge in [-0.2, -0.15) is 0 Å². The van der Waals surface area contributed by atoms with E-state index in [-0.39, 0.29) is 0 Å². The first-order chi connectivity index (χ1) is 7.65. The molecule has 3 N–H and O–H groups in total.